The van der Waals surface area contributed by atoms with Crippen molar-refractivity contribution in [2.45, 2.75) is 39.3 Å². The van der Waals surface area contributed by atoms with Crippen molar-refractivity contribution in [1.82, 2.24) is 0 Å². The van der Waals surface area contributed by atoms with Crippen molar-refractivity contribution in [1.29, 1.82) is 0 Å². The van der Waals surface area contributed by atoms with E-state index in [4.69, 9.17) is 9.57 Å². The third kappa shape index (κ3) is 3.74. The van der Waals surface area contributed by atoms with E-state index in [1.54, 1.807) is 29.3 Å². The van der Waals surface area contributed by atoms with Crippen molar-refractivity contribution in [3.63, 3.8) is 0 Å². The van der Waals surface area contributed by atoms with E-state index in [0.717, 1.165) is 28.8 Å². The van der Waals surface area contributed by atoms with Crippen LogP contribution in [0.2, 0.25) is 0 Å². The second-order valence-corrected chi connectivity index (χ2v) is 8.87. The zero-order valence-electron chi connectivity index (χ0n) is 19.6. The highest BCUT2D eigenvalue weighted by atomic mass is 16.7. The summed E-state index contributed by atoms with van der Waals surface area (Å²) in [6.45, 7) is 6.73. The number of rotatable bonds is 6. The molecule has 2 saturated heterocycles. The summed E-state index contributed by atoms with van der Waals surface area (Å²) in [7, 11) is 0. The standard InChI is InChI=1S/C28H28N2O4/c1-4-16-33-22-13-11-20(12-14-22)29-27(31)24-25(23-15-10-18(2)17-19(23)3)30(34-26(24)28(29)32)21-8-6-5-7-9-21/h5-15,17,24-26H,4,16H2,1-3H3/t24-,25-,26-/m0/s1. The van der Waals surface area contributed by atoms with Gasteiger partial charge in [-0.3, -0.25) is 14.4 Å². The Morgan fingerprint density at radius 1 is 0.882 bits per heavy atom. The Bertz CT molecular complexity index is 1210. The maximum Gasteiger partial charge on any atom is 0.266 e. The lowest BCUT2D eigenvalue weighted by Crippen LogP contribution is -2.37. The molecule has 0 spiro atoms. The van der Waals surface area contributed by atoms with Crippen LogP contribution < -0.4 is 14.7 Å². The van der Waals surface area contributed by atoms with Gasteiger partial charge in [0, 0.05) is 0 Å². The van der Waals surface area contributed by atoms with E-state index < -0.39 is 18.1 Å². The molecule has 3 atom stereocenters. The molecule has 3 aromatic rings. The number of fused-ring (bicyclic) bond motifs is 1. The summed E-state index contributed by atoms with van der Waals surface area (Å²) >= 11 is 0. The van der Waals surface area contributed by atoms with Crippen LogP contribution in [0.3, 0.4) is 0 Å². The summed E-state index contributed by atoms with van der Waals surface area (Å²) in [5.74, 6) is -0.527. The number of imide groups is 1. The van der Waals surface area contributed by atoms with Gasteiger partial charge in [0.25, 0.3) is 5.91 Å². The third-order valence-electron chi connectivity index (χ3n) is 6.44. The van der Waals surface area contributed by atoms with E-state index in [0.29, 0.717) is 18.0 Å². The van der Waals surface area contributed by atoms with Crippen molar-refractivity contribution in [2.24, 2.45) is 5.92 Å². The van der Waals surface area contributed by atoms with Gasteiger partial charge in [0.15, 0.2) is 6.10 Å². The van der Waals surface area contributed by atoms with Crippen LogP contribution in [0.4, 0.5) is 11.4 Å². The molecule has 0 aromatic heterocycles. The van der Waals surface area contributed by atoms with Gasteiger partial charge in [0.2, 0.25) is 5.91 Å². The van der Waals surface area contributed by atoms with Crippen LogP contribution in [0.25, 0.3) is 0 Å². The van der Waals surface area contributed by atoms with Crippen LogP contribution >= 0.6 is 0 Å². The molecule has 0 unspecified atom stereocenters. The van der Waals surface area contributed by atoms with Gasteiger partial charge in [-0.15, -0.1) is 0 Å². The van der Waals surface area contributed by atoms with Crippen LogP contribution in [-0.2, 0) is 14.4 Å². The highest BCUT2D eigenvalue weighted by molar-refractivity contribution is 6.24. The minimum Gasteiger partial charge on any atom is -0.494 e. The Kier molecular flexibility index (Phi) is 5.84. The number of ether oxygens (including phenoxy) is 1. The maximum atomic E-state index is 13.8. The fourth-order valence-electron chi connectivity index (χ4n) is 4.85. The van der Waals surface area contributed by atoms with Gasteiger partial charge in [-0.05, 0) is 67.8 Å². The number of carbonyl (C=O) groups excluding carboxylic acids is 2. The molecule has 0 aliphatic carbocycles. The van der Waals surface area contributed by atoms with E-state index in [1.165, 1.54) is 4.90 Å². The second-order valence-electron chi connectivity index (χ2n) is 8.87. The van der Waals surface area contributed by atoms with Crippen LogP contribution in [-0.4, -0.2) is 24.5 Å². The molecule has 2 aliphatic rings. The highest BCUT2D eigenvalue weighted by Crippen LogP contribution is 2.48. The van der Waals surface area contributed by atoms with Gasteiger partial charge >= 0.3 is 0 Å². The summed E-state index contributed by atoms with van der Waals surface area (Å²) in [4.78, 5) is 34.7. The first-order valence-electron chi connectivity index (χ1n) is 11.7. The zero-order chi connectivity index (χ0) is 23.8. The molecule has 2 aliphatic heterocycles. The molecule has 5 rings (SSSR count). The lowest BCUT2D eigenvalue weighted by molar-refractivity contribution is -0.126. The summed E-state index contributed by atoms with van der Waals surface area (Å²) < 4.78 is 5.64. The van der Waals surface area contributed by atoms with Gasteiger partial charge < -0.3 is 4.74 Å². The van der Waals surface area contributed by atoms with Crippen LogP contribution in [0, 0.1) is 19.8 Å². The van der Waals surface area contributed by atoms with Crippen molar-refractivity contribution in [3.05, 3.63) is 89.5 Å². The summed E-state index contributed by atoms with van der Waals surface area (Å²) in [6.07, 6.45) is 0.0259. The van der Waals surface area contributed by atoms with E-state index in [1.807, 2.05) is 63.2 Å². The first kappa shape index (κ1) is 22.2. The monoisotopic (exact) mass is 456 g/mol. The van der Waals surface area contributed by atoms with Gasteiger partial charge in [0.05, 0.1) is 24.0 Å². The van der Waals surface area contributed by atoms with E-state index in [9.17, 15) is 9.59 Å². The number of para-hydroxylation sites is 1. The lowest BCUT2D eigenvalue weighted by Gasteiger charge is -2.29. The summed E-state index contributed by atoms with van der Waals surface area (Å²) in [5, 5.41) is 1.74. The lowest BCUT2D eigenvalue weighted by atomic mass is 9.87. The molecule has 0 radical (unpaired) electrons. The third-order valence-corrected chi connectivity index (χ3v) is 6.44. The van der Waals surface area contributed by atoms with E-state index in [2.05, 4.69) is 6.07 Å². The number of benzene rings is 3. The Labute approximate surface area is 199 Å². The Balaban J connectivity index is 1.52. The molecular formula is C28H28N2O4. The largest absolute Gasteiger partial charge is 0.494 e. The van der Waals surface area contributed by atoms with Gasteiger partial charge in [0.1, 0.15) is 11.7 Å². The second kappa shape index (κ2) is 8.95. The average Bonchev–Trinajstić information content (AvgIpc) is 3.35. The minimum atomic E-state index is -0.880. The molecule has 3 aromatic carbocycles. The first-order valence-corrected chi connectivity index (χ1v) is 11.7. The molecule has 0 saturated carbocycles. The minimum absolute atomic E-state index is 0.249. The molecule has 2 heterocycles. The number of hydrogen-bond acceptors (Lipinski definition) is 5. The number of aryl methyl sites for hydroxylation is 2. The summed E-state index contributed by atoms with van der Waals surface area (Å²) in [6, 6.07) is 22.5. The maximum absolute atomic E-state index is 13.8. The number of anilines is 2. The molecule has 0 N–H and O–H groups in total. The number of nitrogens with zero attached hydrogens (tertiary/aromatic N) is 2. The van der Waals surface area contributed by atoms with Crippen molar-refractivity contribution >= 4 is 23.2 Å². The molecule has 2 fully saturated rings. The number of amides is 2. The quantitative estimate of drug-likeness (QED) is 0.481. The smallest absolute Gasteiger partial charge is 0.266 e. The topological polar surface area (TPSA) is 59.1 Å². The summed E-state index contributed by atoms with van der Waals surface area (Å²) in [5.41, 5.74) is 4.53. The molecule has 34 heavy (non-hydrogen) atoms. The van der Waals surface area contributed by atoms with Crippen molar-refractivity contribution in [3.8, 4) is 5.75 Å². The molecule has 6 nitrogen and oxygen atoms in total. The van der Waals surface area contributed by atoms with Gasteiger partial charge in [-0.2, -0.15) is 0 Å². The molecule has 2 amide bonds. The Morgan fingerprint density at radius 3 is 2.29 bits per heavy atom. The van der Waals surface area contributed by atoms with E-state index >= 15 is 0 Å². The molecular weight excluding hydrogens is 428 g/mol. The number of hydroxylamine groups is 1. The van der Waals surface area contributed by atoms with Crippen molar-refractivity contribution in [2.75, 3.05) is 16.6 Å². The van der Waals surface area contributed by atoms with Gasteiger partial charge in [-0.25, -0.2) is 9.96 Å². The Hall–Kier alpha value is -3.64. The number of hydrogen-bond donors (Lipinski definition) is 0. The predicted octanol–water partition coefficient (Wildman–Crippen LogP) is 5.14. The number of carbonyl (C=O) groups is 2. The fraction of sp³-hybridized carbons (Fsp3) is 0.286. The van der Waals surface area contributed by atoms with Crippen LogP contribution in [0.5, 0.6) is 5.75 Å². The first-order chi connectivity index (χ1) is 16.5. The molecule has 174 valence electrons. The van der Waals surface area contributed by atoms with Gasteiger partial charge in [-0.1, -0.05) is 48.9 Å². The van der Waals surface area contributed by atoms with Crippen LogP contribution in [0.15, 0.2) is 72.8 Å². The van der Waals surface area contributed by atoms with Crippen LogP contribution in [0.1, 0.15) is 36.1 Å². The average molecular weight is 457 g/mol. The van der Waals surface area contributed by atoms with Crippen molar-refractivity contribution < 1.29 is 19.2 Å². The molecule has 6 heteroatoms. The normalized spacial score (nSPS) is 21.8. The zero-order valence-corrected chi connectivity index (χ0v) is 19.6. The Morgan fingerprint density at radius 2 is 1.62 bits per heavy atom. The SMILES string of the molecule is CCCOc1ccc(N2C(=O)[C@@H]3[C@H](ON(c4ccccc4)[C@H]3c3ccc(C)cc3C)C2=O)cc1. The predicted molar refractivity (Wildman–Crippen MR) is 131 cm³/mol. The molecule has 0 bridgehead atoms. The van der Waals surface area contributed by atoms with E-state index in [-0.39, 0.29) is 11.8 Å². The fourth-order valence-corrected chi connectivity index (χ4v) is 4.85. The highest BCUT2D eigenvalue weighted by Gasteiger charge is 2.60.